The molecule has 0 bridgehead atoms. The molecule has 0 spiro atoms. The number of aromatic nitrogens is 5. The van der Waals surface area contributed by atoms with E-state index in [0.717, 1.165) is 0 Å². The number of imidazole rings is 1. The number of halogens is 1. The van der Waals surface area contributed by atoms with Crippen molar-refractivity contribution in [1.82, 2.24) is 24.1 Å². The lowest BCUT2D eigenvalue weighted by Crippen LogP contribution is -2.14. The summed E-state index contributed by atoms with van der Waals surface area (Å²) in [6.07, 6.45) is 5.08. The topological polar surface area (TPSA) is 90.2 Å². The zero-order valence-corrected chi connectivity index (χ0v) is 17.4. The van der Waals surface area contributed by atoms with E-state index >= 15 is 0 Å². The summed E-state index contributed by atoms with van der Waals surface area (Å²) in [6, 6.07) is 12.2. The molecule has 0 atom stereocenters. The Bertz CT molecular complexity index is 1450. The van der Waals surface area contributed by atoms with Gasteiger partial charge in [-0.25, -0.2) is 14.4 Å². The number of anilines is 1. The molecule has 1 aromatic carbocycles. The summed E-state index contributed by atoms with van der Waals surface area (Å²) in [5.41, 5.74) is 3.68. The number of oxazole rings is 1. The third-order valence-corrected chi connectivity index (χ3v) is 5.13. The number of fused-ring (bicyclic) bond motifs is 1. The smallest absolute Gasteiger partial charge is 0.256 e. The van der Waals surface area contributed by atoms with E-state index in [1.807, 2.05) is 18.2 Å². The zero-order chi connectivity index (χ0) is 22.2. The SMILES string of the molecule is Cc1nc(-c2nc3ccccn3c2NC(=O)c2ccc(CF)c(-c3ccn(C)n3)c2)co1. The fraction of sp³-hybridized carbons (Fsp3) is 0.130. The molecule has 0 saturated heterocycles. The van der Waals surface area contributed by atoms with E-state index in [2.05, 4.69) is 20.4 Å². The van der Waals surface area contributed by atoms with Crippen LogP contribution in [0.1, 0.15) is 21.8 Å². The molecule has 8 nitrogen and oxygen atoms in total. The first-order chi connectivity index (χ1) is 15.5. The van der Waals surface area contributed by atoms with Gasteiger partial charge in [0, 0.05) is 37.5 Å². The van der Waals surface area contributed by atoms with E-state index in [4.69, 9.17) is 4.42 Å². The van der Waals surface area contributed by atoms with Crippen LogP contribution in [0.25, 0.3) is 28.3 Å². The molecule has 0 aliphatic carbocycles. The monoisotopic (exact) mass is 430 g/mol. The Hall–Kier alpha value is -4.27. The van der Waals surface area contributed by atoms with Gasteiger partial charge in [-0.05, 0) is 35.9 Å². The van der Waals surface area contributed by atoms with Crippen molar-refractivity contribution in [2.45, 2.75) is 13.6 Å². The van der Waals surface area contributed by atoms with Gasteiger partial charge in [-0.2, -0.15) is 5.10 Å². The van der Waals surface area contributed by atoms with Crippen LogP contribution >= 0.6 is 0 Å². The van der Waals surface area contributed by atoms with Gasteiger partial charge in [-0.1, -0.05) is 12.1 Å². The van der Waals surface area contributed by atoms with E-state index in [9.17, 15) is 9.18 Å². The lowest BCUT2D eigenvalue weighted by Gasteiger charge is -2.10. The minimum Gasteiger partial charge on any atom is -0.449 e. The number of alkyl halides is 1. The van der Waals surface area contributed by atoms with Crippen molar-refractivity contribution in [3.8, 4) is 22.6 Å². The van der Waals surface area contributed by atoms with Crippen LogP contribution in [-0.2, 0) is 13.7 Å². The fourth-order valence-corrected chi connectivity index (χ4v) is 3.58. The van der Waals surface area contributed by atoms with Crippen LogP contribution in [0.3, 0.4) is 0 Å². The zero-order valence-electron chi connectivity index (χ0n) is 17.4. The van der Waals surface area contributed by atoms with Gasteiger partial charge < -0.3 is 9.73 Å². The molecule has 0 aliphatic heterocycles. The van der Waals surface area contributed by atoms with E-state index in [1.54, 1.807) is 59.7 Å². The van der Waals surface area contributed by atoms with Gasteiger partial charge in [-0.3, -0.25) is 13.9 Å². The summed E-state index contributed by atoms with van der Waals surface area (Å²) < 4.78 is 22.3. The molecule has 5 aromatic rings. The minimum atomic E-state index is -0.656. The maximum Gasteiger partial charge on any atom is 0.256 e. The molecule has 4 aromatic heterocycles. The Labute approximate surface area is 182 Å². The van der Waals surface area contributed by atoms with Gasteiger partial charge in [0.15, 0.2) is 5.89 Å². The highest BCUT2D eigenvalue weighted by Crippen LogP contribution is 2.30. The Kier molecular flexibility index (Phi) is 4.78. The van der Waals surface area contributed by atoms with Gasteiger partial charge in [0.2, 0.25) is 0 Å². The van der Waals surface area contributed by atoms with Crippen LogP contribution < -0.4 is 5.32 Å². The molecule has 160 valence electrons. The molecule has 0 fully saturated rings. The molecule has 9 heteroatoms. The number of hydrogen-bond acceptors (Lipinski definition) is 5. The Morgan fingerprint density at radius 1 is 1.12 bits per heavy atom. The number of carbonyl (C=O) groups excluding carboxylic acids is 1. The van der Waals surface area contributed by atoms with Crippen LogP contribution in [0, 0.1) is 6.92 Å². The standard InChI is InChI=1S/C23H19FN6O2/c1-14-25-19(13-32-14)21-22(30-9-4-3-5-20(30)26-21)27-23(31)15-6-7-16(12-24)17(11-15)18-8-10-29(2)28-18/h3-11,13H,12H2,1-2H3,(H,27,31). The number of nitrogens with zero attached hydrogens (tertiary/aromatic N) is 5. The van der Waals surface area contributed by atoms with Crippen LogP contribution in [-0.4, -0.2) is 30.1 Å². The number of amides is 1. The number of aryl methyl sites for hydroxylation is 2. The molecular formula is C23H19FN6O2. The lowest BCUT2D eigenvalue weighted by molar-refractivity contribution is 0.102. The first kappa shape index (κ1) is 19.7. The molecule has 1 amide bonds. The van der Waals surface area contributed by atoms with Gasteiger partial charge in [-0.15, -0.1) is 0 Å². The van der Waals surface area contributed by atoms with E-state index in [-0.39, 0.29) is 5.91 Å². The summed E-state index contributed by atoms with van der Waals surface area (Å²) in [7, 11) is 1.78. The molecular weight excluding hydrogens is 411 g/mol. The predicted octanol–water partition coefficient (Wildman–Crippen LogP) is 4.42. The fourth-order valence-electron chi connectivity index (χ4n) is 3.58. The van der Waals surface area contributed by atoms with Crippen LogP contribution in [0.5, 0.6) is 0 Å². The average Bonchev–Trinajstić information content (AvgIpc) is 3.52. The normalized spacial score (nSPS) is 11.2. The van der Waals surface area contributed by atoms with Crippen molar-refractivity contribution in [2.24, 2.45) is 7.05 Å². The third-order valence-electron chi connectivity index (χ3n) is 5.13. The Morgan fingerprint density at radius 3 is 2.72 bits per heavy atom. The second kappa shape index (κ2) is 7.77. The van der Waals surface area contributed by atoms with Crippen molar-refractivity contribution in [3.63, 3.8) is 0 Å². The van der Waals surface area contributed by atoms with Crippen molar-refractivity contribution in [1.29, 1.82) is 0 Å². The maximum atomic E-state index is 13.6. The molecule has 0 aliphatic rings. The first-order valence-electron chi connectivity index (χ1n) is 9.93. The molecule has 4 heterocycles. The molecule has 5 rings (SSSR count). The number of carbonyl (C=O) groups is 1. The van der Waals surface area contributed by atoms with Crippen molar-refractivity contribution in [2.75, 3.05) is 5.32 Å². The van der Waals surface area contributed by atoms with Crippen LogP contribution in [0.4, 0.5) is 10.2 Å². The summed E-state index contributed by atoms with van der Waals surface area (Å²) in [4.78, 5) is 22.2. The van der Waals surface area contributed by atoms with Gasteiger partial charge in [0.25, 0.3) is 5.91 Å². The van der Waals surface area contributed by atoms with Crippen molar-refractivity contribution in [3.05, 3.63) is 78.1 Å². The lowest BCUT2D eigenvalue weighted by atomic mass is 10.0. The van der Waals surface area contributed by atoms with E-state index < -0.39 is 6.67 Å². The van der Waals surface area contributed by atoms with Gasteiger partial charge >= 0.3 is 0 Å². The highest BCUT2D eigenvalue weighted by Gasteiger charge is 2.20. The van der Waals surface area contributed by atoms with Gasteiger partial charge in [0.1, 0.15) is 35.8 Å². The molecule has 0 unspecified atom stereocenters. The number of hydrogen-bond donors (Lipinski definition) is 1. The van der Waals surface area contributed by atoms with E-state index in [0.29, 0.717) is 51.1 Å². The molecule has 1 N–H and O–H groups in total. The minimum absolute atomic E-state index is 0.361. The Balaban J connectivity index is 1.56. The summed E-state index contributed by atoms with van der Waals surface area (Å²) in [5.74, 6) is 0.601. The molecule has 0 saturated carbocycles. The van der Waals surface area contributed by atoms with Crippen molar-refractivity contribution < 1.29 is 13.6 Å². The third kappa shape index (κ3) is 3.43. The quantitative estimate of drug-likeness (QED) is 0.446. The van der Waals surface area contributed by atoms with Crippen LogP contribution in [0.15, 0.2) is 65.5 Å². The summed E-state index contributed by atoms with van der Waals surface area (Å²) in [5, 5.41) is 7.29. The Morgan fingerprint density at radius 2 is 2.00 bits per heavy atom. The molecule has 0 radical (unpaired) electrons. The second-order valence-electron chi connectivity index (χ2n) is 7.32. The first-order valence-corrected chi connectivity index (χ1v) is 9.93. The average molecular weight is 430 g/mol. The largest absolute Gasteiger partial charge is 0.449 e. The highest BCUT2D eigenvalue weighted by atomic mass is 19.1. The number of benzene rings is 1. The van der Waals surface area contributed by atoms with Crippen LogP contribution in [0.2, 0.25) is 0 Å². The van der Waals surface area contributed by atoms with E-state index in [1.165, 1.54) is 6.26 Å². The number of nitrogens with one attached hydrogen (secondary N) is 1. The molecule has 32 heavy (non-hydrogen) atoms. The second-order valence-corrected chi connectivity index (χ2v) is 7.32. The van der Waals surface area contributed by atoms with Gasteiger partial charge in [0.05, 0.1) is 5.69 Å². The number of rotatable bonds is 5. The highest BCUT2D eigenvalue weighted by molar-refractivity contribution is 6.06. The predicted molar refractivity (Wildman–Crippen MR) is 117 cm³/mol. The maximum absolute atomic E-state index is 13.6. The summed E-state index contributed by atoms with van der Waals surface area (Å²) in [6.45, 7) is 1.08. The van der Waals surface area contributed by atoms with Crippen molar-refractivity contribution >= 4 is 17.4 Å². The number of pyridine rings is 1. The summed E-state index contributed by atoms with van der Waals surface area (Å²) >= 11 is 0.